The fourth-order valence-electron chi connectivity index (χ4n) is 3.70. The number of carbonyl (C=O) groups excluding carboxylic acids is 1. The van der Waals surface area contributed by atoms with Crippen molar-refractivity contribution in [2.75, 3.05) is 40.0 Å². The van der Waals surface area contributed by atoms with Crippen molar-refractivity contribution in [2.45, 2.75) is 13.0 Å². The van der Waals surface area contributed by atoms with Gasteiger partial charge < -0.3 is 19.8 Å². The molecule has 3 heterocycles. The smallest absolute Gasteiger partial charge is 0.253 e. The van der Waals surface area contributed by atoms with E-state index in [-0.39, 0.29) is 11.9 Å². The molecule has 1 saturated heterocycles. The predicted octanol–water partition coefficient (Wildman–Crippen LogP) is 2.73. The summed E-state index contributed by atoms with van der Waals surface area (Å²) < 4.78 is 10.9. The summed E-state index contributed by atoms with van der Waals surface area (Å²) in [5.41, 5.74) is 2.09. The van der Waals surface area contributed by atoms with Gasteiger partial charge in [0.05, 0.1) is 42.5 Å². The van der Waals surface area contributed by atoms with Crippen LogP contribution in [0.1, 0.15) is 27.8 Å². The number of nitrogens with zero attached hydrogens (tertiary/aromatic N) is 3. The van der Waals surface area contributed by atoms with E-state index in [0.29, 0.717) is 41.9 Å². The molecule has 1 fully saturated rings. The number of nitrogens with one attached hydrogen (secondary N) is 2. The van der Waals surface area contributed by atoms with Crippen LogP contribution in [0.15, 0.2) is 30.7 Å². The SMILES string of the molecule is COc1cc(C(=O)NC[C@@H](c2cnc(C)nc2)N2CCOCC2)c(Cl)c2cc[nH]c12. The Morgan fingerprint density at radius 1 is 1.37 bits per heavy atom. The van der Waals surface area contributed by atoms with Gasteiger partial charge in [0.1, 0.15) is 11.6 Å². The summed E-state index contributed by atoms with van der Waals surface area (Å²) in [5.74, 6) is 1.02. The Morgan fingerprint density at radius 3 is 2.80 bits per heavy atom. The number of hydrogen-bond acceptors (Lipinski definition) is 6. The largest absolute Gasteiger partial charge is 0.495 e. The number of methoxy groups -OCH3 is 1. The number of fused-ring (bicyclic) bond motifs is 1. The zero-order chi connectivity index (χ0) is 21.1. The van der Waals surface area contributed by atoms with Crippen molar-refractivity contribution in [2.24, 2.45) is 0 Å². The lowest BCUT2D eigenvalue weighted by Gasteiger charge is -2.34. The molecule has 4 rings (SSSR count). The van der Waals surface area contributed by atoms with Crippen LogP contribution in [0.25, 0.3) is 10.9 Å². The van der Waals surface area contributed by atoms with Gasteiger partial charge in [0, 0.05) is 49.2 Å². The van der Waals surface area contributed by atoms with Crippen LogP contribution in [0.4, 0.5) is 0 Å². The zero-order valence-electron chi connectivity index (χ0n) is 16.9. The fraction of sp³-hybridized carbons (Fsp3) is 0.381. The highest BCUT2D eigenvalue weighted by Crippen LogP contribution is 2.34. The van der Waals surface area contributed by atoms with Gasteiger partial charge in [-0.2, -0.15) is 0 Å². The van der Waals surface area contributed by atoms with Crippen molar-refractivity contribution in [3.8, 4) is 5.75 Å². The first kappa shape index (κ1) is 20.6. The summed E-state index contributed by atoms with van der Waals surface area (Å²) in [6.45, 7) is 5.11. The molecule has 2 N–H and O–H groups in total. The highest BCUT2D eigenvalue weighted by Gasteiger charge is 2.25. The standard InChI is InChI=1S/C21H24ClN5O3/c1-13-24-10-14(11-25-13)17(27-5-7-30-8-6-27)12-26-21(28)16-9-18(29-2)20-15(19(16)22)3-4-23-20/h3-4,9-11,17,23H,5-8,12H2,1-2H3,(H,26,28)/t17-/m0/s1. The molecule has 8 nitrogen and oxygen atoms in total. The molecule has 0 radical (unpaired) electrons. The Kier molecular flexibility index (Phi) is 6.17. The van der Waals surface area contributed by atoms with Gasteiger partial charge in [0.15, 0.2) is 0 Å². The van der Waals surface area contributed by atoms with Gasteiger partial charge in [-0.3, -0.25) is 9.69 Å². The van der Waals surface area contributed by atoms with E-state index >= 15 is 0 Å². The van der Waals surface area contributed by atoms with Crippen LogP contribution in [-0.2, 0) is 4.74 Å². The molecule has 0 saturated carbocycles. The van der Waals surface area contributed by atoms with E-state index in [9.17, 15) is 4.79 Å². The molecular formula is C21H24ClN5O3. The molecule has 3 aromatic rings. The molecule has 1 aromatic carbocycles. The molecule has 158 valence electrons. The van der Waals surface area contributed by atoms with Crippen molar-refractivity contribution in [3.05, 3.63) is 52.7 Å². The second-order valence-electron chi connectivity index (χ2n) is 7.14. The van der Waals surface area contributed by atoms with Crippen LogP contribution in [0.3, 0.4) is 0 Å². The fourth-order valence-corrected chi connectivity index (χ4v) is 4.00. The number of rotatable bonds is 6. The van der Waals surface area contributed by atoms with Gasteiger partial charge in [-0.25, -0.2) is 9.97 Å². The Labute approximate surface area is 179 Å². The van der Waals surface area contributed by atoms with Crippen LogP contribution >= 0.6 is 11.6 Å². The summed E-state index contributed by atoms with van der Waals surface area (Å²) in [6.07, 6.45) is 5.40. The van der Waals surface area contributed by atoms with Crippen LogP contribution in [-0.4, -0.2) is 65.7 Å². The van der Waals surface area contributed by atoms with Crippen molar-refractivity contribution in [1.82, 2.24) is 25.2 Å². The molecule has 9 heteroatoms. The number of aromatic amines is 1. The minimum absolute atomic E-state index is 0.0601. The number of H-pyrrole nitrogens is 1. The van der Waals surface area contributed by atoms with E-state index in [1.807, 2.05) is 25.4 Å². The highest BCUT2D eigenvalue weighted by atomic mass is 35.5. The van der Waals surface area contributed by atoms with E-state index in [0.717, 1.165) is 29.6 Å². The maximum atomic E-state index is 13.0. The van der Waals surface area contributed by atoms with Gasteiger partial charge in [-0.05, 0) is 19.1 Å². The van der Waals surface area contributed by atoms with Gasteiger partial charge in [-0.1, -0.05) is 11.6 Å². The normalized spacial score (nSPS) is 15.8. The number of carbonyl (C=O) groups is 1. The van der Waals surface area contributed by atoms with E-state index in [4.69, 9.17) is 21.1 Å². The molecule has 1 amide bonds. The third kappa shape index (κ3) is 4.12. The number of morpholine rings is 1. The molecule has 0 spiro atoms. The van der Waals surface area contributed by atoms with Crippen molar-refractivity contribution in [3.63, 3.8) is 0 Å². The third-order valence-corrected chi connectivity index (χ3v) is 5.74. The van der Waals surface area contributed by atoms with E-state index in [1.165, 1.54) is 0 Å². The lowest BCUT2D eigenvalue weighted by Crippen LogP contribution is -2.44. The second kappa shape index (κ2) is 8.99. The summed E-state index contributed by atoms with van der Waals surface area (Å²) in [4.78, 5) is 27.0. The Morgan fingerprint density at radius 2 is 2.10 bits per heavy atom. The first-order valence-electron chi connectivity index (χ1n) is 9.80. The minimum atomic E-state index is -0.257. The second-order valence-corrected chi connectivity index (χ2v) is 7.52. The molecular weight excluding hydrogens is 406 g/mol. The number of hydrogen-bond donors (Lipinski definition) is 2. The van der Waals surface area contributed by atoms with Crippen LogP contribution < -0.4 is 10.1 Å². The van der Waals surface area contributed by atoms with E-state index < -0.39 is 0 Å². The molecule has 30 heavy (non-hydrogen) atoms. The number of benzene rings is 1. The molecule has 0 bridgehead atoms. The average molecular weight is 430 g/mol. The summed E-state index contributed by atoms with van der Waals surface area (Å²) in [6, 6.07) is 3.43. The van der Waals surface area contributed by atoms with Gasteiger partial charge in [0.25, 0.3) is 5.91 Å². The number of halogens is 1. The lowest BCUT2D eigenvalue weighted by atomic mass is 10.1. The van der Waals surface area contributed by atoms with Crippen LogP contribution in [0.2, 0.25) is 5.02 Å². The first-order chi connectivity index (χ1) is 14.6. The third-order valence-electron chi connectivity index (χ3n) is 5.33. The summed E-state index contributed by atoms with van der Waals surface area (Å²) in [5, 5.41) is 4.17. The Balaban J connectivity index is 1.57. The topological polar surface area (TPSA) is 92.4 Å². The Bertz CT molecular complexity index is 1030. The quantitative estimate of drug-likeness (QED) is 0.626. The number of amides is 1. The van der Waals surface area contributed by atoms with Gasteiger partial charge in [-0.15, -0.1) is 0 Å². The zero-order valence-corrected chi connectivity index (χ0v) is 17.7. The Hall–Kier alpha value is -2.68. The molecule has 1 aliphatic heterocycles. The minimum Gasteiger partial charge on any atom is -0.495 e. The lowest BCUT2D eigenvalue weighted by molar-refractivity contribution is 0.0161. The van der Waals surface area contributed by atoms with E-state index in [2.05, 4.69) is 25.2 Å². The van der Waals surface area contributed by atoms with Crippen molar-refractivity contribution < 1.29 is 14.3 Å². The monoisotopic (exact) mass is 429 g/mol. The predicted molar refractivity (Wildman–Crippen MR) is 114 cm³/mol. The van der Waals surface area contributed by atoms with Crippen molar-refractivity contribution in [1.29, 1.82) is 0 Å². The van der Waals surface area contributed by atoms with Gasteiger partial charge in [0.2, 0.25) is 0 Å². The van der Waals surface area contributed by atoms with Crippen LogP contribution in [0, 0.1) is 6.92 Å². The number of aromatic nitrogens is 3. The summed E-state index contributed by atoms with van der Waals surface area (Å²) in [7, 11) is 1.57. The average Bonchev–Trinajstić information content (AvgIpc) is 3.27. The molecule has 0 aliphatic carbocycles. The van der Waals surface area contributed by atoms with Crippen LogP contribution in [0.5, 0.6) is 5.75 Å². The maximum absolute atomic E-state index is 13.0. The first-order valence-corrected chi connectivity index (χ1v) is 10.2. The van der Waals surface area contributed by atoms with Gasteiger partial charge >= 0.3 is 0 Å². The van der Waals surface area contributed by atoms with E-state index in [1.54, 1.807) is 19.4 Å². The molecule has 2 aromatic heterocycles. The van der Waals surface area contributed by atoms with Crippen molar-refractivity contribution >= 4 is 28.4 Å². The highest BCUT2D eigenvalue weighted by molar-refractivity contribution is 6.38. The summed E-state index contributed by atoms with van der Waals surface area (Å²) >= 11 is 6.52. The molecule has 1 aliphatic rings. The molecule has 1 atom stereocenters. The number of aryl methyl sites for hydroxylation is 1. The maximum Gasteiger partial charge on any atom is 0.253 e. The molecule has 0 unspecified atom stereocenters. The number of ether oxygens (including phenoxy) is 2.